The summed E-state index contributed by atoms with van der Waals surface area (Å²) in [5.41, 5.74) is 16.8. The Morgan fingerprint density at radius 1 is 0.224 bits per heavy atom. The quantitative estimate of drug-likeness (QED) is 0.0593. The lowest BCUT2D eigenvalue weighted by Crippen LogP contribution is -2.15. The molecule has 0 amide bonds. The van der Waals surface area contributed by atoms with Crippen molar-refractivity contribution in [3.63, 3.8) is 0 Å². The van der Waals surface area contributed by atoms with Crippen molar-refractivity contribution in [3.8, 4) is 104 Å². The Morgan fingerprint density at radius 3 is 1.02 bits per heavy atom. The summed E-state index contributed by atoms with van der Waals surface area (Å²) < 4.78 is 125. The van der Waals surface area contributed by atoms with Crippen LogP contribution in [-0.2, 0) is 5.41 Å². The summed E-state index contributed by atoms with van der Waals surface area (Å²) in [5.74, 6) is -8.22. The predicted molar refractivity (Wildman–Crippen MR) is 604 cm³/mol. The summed E-state index contributed by atoms with van der Waals surface area (Å²) in [5, 5.41) is 24.0. The number of benzene rings is 23. The van der Waals surface area contributed by atoms with Crippen LogP contribution in [-0.4, -0.2) is 28.7 Å². The van der Waals surface area contributed by atoms with Crippen LogP contribution in [0.15, 0.2) is 455 Å². The number of fused-ring (bicyclic) bond motifs is 33. The molecule has 29 aromatic rings. The maximum absolute atomic E-state index is 15.6. The maximum atomic E-state index is 15.6. The summed E-state index contributed by atoms with van der Waals surface area (Å²) >= 11 is 3.76. The number of thiophene rings is 2. The Bertz CT molecular complexity index is 10800. The van der Waals surface area contributed by atoms with E-state index in [0.29, 0.717) is 33.6 Å². The monoisotopic (exact) mass is 1940 g/mol. The van der Waals surface area contributed by atoms with Crippen molar-refractivity contribution in [1.82, 2.24) is 28.7 Å². The van der Waals surface area contributed by atoms with Gasteiger partial charge < -0.3 is 13.7 Å². The minimum atomic E-state index is -2.18. The van der Waals surface area contributed by atoms with Crippen molar-refractivity contribution < 1.29 is 28.8 Å². The molecule has 0 bridgehead atoms. The molecule has 0 radical (unpaired) electrons. The van der Waals surface area contributed by atoms with Gasteiger partial charge in [-0.1, -0.05) is 372 Å². The average Bonchev–Trinajstić information content (AvgIpc) is 1.52. The molecule has 0 fully saturated rings. The molecule has 147 heavy (non-hydrogen) atoms. The predicted octanol–water partition coefficient (Wildman–Crippen LogP) is 37.7. The Morgan fingerprint density at radius 2 is 0.544 bits per heavy atom. The van der Waals surface area contributed by atoms with Crippen molar-refractivity contribution in [1.29, 1.82) is 0 Å². The van der Waals surface area contributed by atoms with Crippen LogP contribution < -0.4 is 0 Å². The molecule has 6 nitrogen and oxygen atoms in total. The van der Waals surface area contributed by atoms with E-state index in [4.69, 9.17) is 21.8 Å². The normalized spacial score (nSPS) is 12.9. The lowest BCUT2D eigenvalue weighted by atomic mass is 9.82. The summed E-state index contributed by atoms with van der Waals surface area (Å²) in [6, 6.07) is 144. The molecule has 0 aliphatic heterocycles. The first-order valence-electron chi connectivity index (χ1n) is 51.3. The van der Waals surface area contributed by atoms with E-state index in [1.807, 2.05) is 185 Å². The van der Waals surface area contributed by atoms with Gasteiger partial charge in [0.05, 0.1) is 45.5 Å². The van der Waals surface area contributed by atoms with Gasteiger partial charge in [-0.15, -0.1) is 22.7 Å². The molecule has 694 valence electrons. The standard InChI is InChI=1S/C45H26F5N.C45H28N4.C44H27NS2/c1-45(2)33-17-9-7-13-26(33)27-20-19-23(21-34(27)45)51-35-18-10-8-16-30(35)36-28-14-5-3-11-24(28)31-22-32(25-12-4-6-15-29(25)37(31)44(36)51)38-39(46)41(48)43(50)42(49)40(38)47;1-4-16-29(17-5-1)43-46-44(30-18-6-2-7-19-30)48-45(47-43)38-28-37-32-22-10-12-24-34(32)40-36-26-14-15-27-39(36)49(31-20-8-3-9-21-31)42(40)41(37)35-25-13-11-23-33(35)38;1-3-13-28(14-4-1)38-23-25-40(46-38)41-26-24-39(47-41)35-27-36-31-18-8-10-20-33(31)42-34-21-11-12-22-37(34)45(29-15-5-2-6-16-29)44(42)43(36)32-19-9-7-17-30(32)35/h3-22H,1-2H3;1-28H;1-27H/i;3D,8D,9D,20D,21D;. The van der Waals surface area contributed by atoms with Gasteiger partial charge in [0.1, 0.15) is 0 Å². The molecule has 6 heterocycles. The van der Waals surface area contributed by atoms with E-state index < -0.39 is 40.7 Å². The third-order valence-electron chi connectivity index (χ3n) is 29.7. The van der Waals surface area contributed by atoms with Gasteiger partial charge in [-0.3, -0.25) is 0 Å². The van der Waals surface area contributed by atoms with Crippen LogP contribution in [0.4, 0.5) is 22.0 Å². The minimum absolute atomic E-state index is 0.0740. The zero-order valence-electron chi connectivity index (χ0n) is 83.8. The van der Waals surface area contributed by atoms with E-state index in [1.54, 1.807) is 18.2 Å². The first-order valence-corrected chi connectivity index (χ1v) is 50.5. The average molecular weight is 1940 g/mol. The second-order valence-corrected chi connectivity index (χ2v) is 40.1. The zero-order valence-corrected chi connectivity index (χ0v) is 80.4. The molecule has 13 heteroatoms. The molecular weight excluding hydrogens is 1850 g/mol. The second-order valence-electron chi connectivity index (χ2n) is 37.9. The molecule has 0 atom stereocenters. The molecule has 0 N–H and O–H groups in total. The van der Waals surface area contributed by atoms with E-state index in [1.165, 1.54) is 113 Å². The highest BCUT2D eigenvalue weighted by atomic mass is 32.1. The molecule has 1 aliphatic carbocycles. The summed E-state index contributed by atoms with van der Waals surface area (Å²) in [6.45, 7) is 4.48. The van der Waals surface area contributed by atoms with E-state index in [-0.39, 0.29) is 40.8 Å². The molecule has 0 spiro atoms. The Hall–Kier alpha value is -18.1. The topological polar surface area (TPSA) is 53.5 Å². The second kappa shape index (κ2) is 34.3. The fraction of sp³-hybridized carbons (Fsp3) is 0.0224. The number of aromatic nitrogens is 6. The highest BCUT2D eigenvalue weighted by Gasteiger charge is 2.37. The summed E-state index contributed by atoms with van der Waals surface area (Å²) in [6.07, 6.45) is 0. The molecule has 0 saturated heterocycles. The highest BCUT2D eigenvalue weighted by molar-refractivity contribution is 7.25. The molecule has 23 aromatic carbocycles. The number of rotatable bonds is 10. The first-order chi connectivity index (χ1) is 74.4. The van der Waals surface area contributed by atoms with E-state index in [2.05, 4.69) is 272 Å². The van der Waals surface area contributed by atoms with Crippen molar-refractivity contribution in [2.75, 3.05) is 0 Å². The maximum Gasteiger partial charge on any atom is 0.200 e. The van der Waals surface area contributed by atoms with Crippen molar-refractivity contribution in [3.05, 3.63) is 495 Å². The van der Waals surface area contributed by atoms with Crippen LogP contribution in [0.25, 0.3) is 266 Å². The lowest BCUT2D eigenvalue weighted by Gasteiger charge is -2.22. The summed E-state index contributed by atoms with van der Waals surface area (Å²) in [4.78, 5) is 20.4. The van der Waals surface area contributed by atoms with Gasteiger partial charge >= 0.3 is 0 Å². The third-order valence-corrected chi connectivity index (χ3v) is 32.1. The fourth-order valence-corrected chi connectivity index (χ4v) is 25.5. The molecule has 30 rings (SSSR count). The van der Waals surface area contributed by atoms with E-state index in [9.17, 15) is 13.2 Å². The van der Waals surface area contributed by atoms with E-state index >= 15 is 8.78 Å². The van der Waals surface area contributed by atoms with Crippen molar-refractivity contribution >= 4 is 185 Å². The number of hydrogen-bond acceptors (Lipinski definition) is 5. The number of hydrogen-bond donors (Lipinski definition) is 0. The van der Waals surface area contributed by atoms with E-state index in [0.717, 1.165) is 114 Å². The van der Waals surface area contributed by atoms with Crippen LogP contribution >= 0.6 is 22.7 Å². The van der Waals surface area contributed by atoms with Crippen LogP contribution in [0.1, 0.15) is 31.8 Å². The van der Waals surface area contributed by atoms with Crippen LogP contribution in [0.3, 0.4) is 0 Å². The third kappa shape index (κ3) is 13.5. The molecular formula is C134H81F5N6S2. The van der Waals surface area contributed by atoms with Crippen LogP contribution in [0.2, 0.25) is 0 Å². The smallest absolute Gasteiger partial charge is 0.200 e. The number of para-hydroxylation sites is 5. The largest absolute Gasteiger partial charge is 0.309 e. The van der Waals surface area contributed by atoms with Crippen LogP contribution in [0.5, 0.6) is 0 Å². The number of halogens is 5. The Labute approximate surface area is 855 Å². The highest BCUT2D eigenvalue weighted by Crippen LogP contribution is 2.56. The van der Waals surface area contributed by atoms with Gasteiger partial charge in [-0.05, 0) is 211 Å². The zero-order chi connectivity index (χ0) is 102. The van der Waals surface area contributed by atoms with Gasteiger partial charge in [0.25, 0.3) is 0 Å². The van der Waals surface area contributed by atoms with Crippen molar-refractivity contribution in [2.45, 2.75) is 19.3 Å². The molecule has 1 aliphatic rings. The summed E-state index contributed by atoms with van der Waals surface area (Å²) in [7, 11) is 0. The molecule has 0 unspecified atom stereocenters. The SMILES string of the molecule is CC1(C)c2ccccc2-c2ccc(-n3c4ccccc4c4c5ccccc5c5cc(-c6c(F)c(F)c(F)c(F)c6F)c6ccccc6c5c43)cc21.[2H]c1c([2H])c([2H])c(-n2c3ccccc3c3c4ccccc4c4cc(-c5nc(-c6ccccc6)nc(-c6ccccc6)n5)c5ccccc5c4c32)c([2H])c1[2H].c1ccc(-c2ccc(-c3ccc(-c4cc5c6ccccc6c6c7ccccc7n(-c7ccccc7)c6c5c5ccccc45)s3)s2)cc1. The number of nitrogens with zero attached hydrogens (tertiary/aromatic N) is 6. The van der Waals surface area contributed by atoms with Gasteiger partial charge in [0, 0.05) is 113 Å². The van der Waals surface area contributed by atoms with Crippen LogP contribution in [0, 0.1) is 29.1 Å². The fourth-order valence-electron chi connectivity index (χ4n) is 23.3. The first kappa shape index (κ1) is 81.4. The van der Waals surface area contributed by atoms with Gasteiger partial charge in [0.15, 0.2) is 40.7 Å². The van der Waals surface area contributed by atoms with Gasteiger partial charge in [0.2, 0.25) is 5.82 Å². The Balaban J connectivity index is 0.000000109. The van der Waals surface area contributed by atoms with Gasteiger partial charge in [-0.25, -0.2) is 36.9 Å². The van der Waals surface area contributed by atoms with Crippen molar-refractivity contribution in [2.24, 2.45) is 0 Å². The van der Waals surface area contributed by atoms with Gasteiger partial charge in [-0.2, -0.15) is 0 Å². The lowest BCUT2D eigenvalue weighted by molar-refractivity contribution is 0.381. The Kier molecular flexibility index (Phi) is 19.0. The molecule has 0 saturated carbocycles. The molecule has 6 aromatic heterocycles. The minimum Gasteiger partial charge on any atom is -0.309 e.